The Labute approximate surface area is 205 Å². The van der Waals surface area contributed by atoms with Crippen LogP contribution in [0.1, 0.15) is 33.5 Å². The minimum atomic E-state index is -0.543. The quantitative estimate of drug-likeness (QED) is 0.458. The third kappa shape index (κ3) is 3.53. The largest absolute Gasteiger partial charge is 0.417 e. The first-order valence-electron chi connectivity index (χ1n) is 11.9. The van der Waals surface area contributed by atoms with Crippen LogP contribution in [0.25, 0.3) is 11.1 Å². The first kappa shape index (κ1) is 20.9. The average Bonchev–Trinajstić information content (AvgIpc) is 3.58. The summed E-state index contributed by atoms with van der Waals surface area (Å²) in [6, 6.07) is 13.7. The van der Waals surface area contributed by atoms with Gasteiger partial charge in [0.05, 0.1) is 24.3 Å². The smallest absolute Gasteiger partial charge is 0.408 e. The Bertz CT molecular complexity index is 1560. The monoisotopic (exact) mass is 482 g/mol. The summed E-state index contributed by atoms with van der Waals surface area (Å²) in [6.45, 7) is 0.855. The van der Waals surface area contributed by atoms with Crippen LogP contribution in [0.2, 0.25) is 0 Å². The minimum Gasteiger partial charge on any atom is -0.408 e. The number of H-pyrrole nitrogens is 1. The van der Waals surface area contributed by atoms with E-state index in [4.69, 9.17) is 9.25 Å². The number of nitrogens with zero attached hydrogens (tertiary/aromatic N) is 4. The predicted molar refractivity (Wildman–Crippen MR) is 131 cm³/mol. The van der Waals surface area contributed by atoms with Gasteiger partial charge < -0.3 is 19.5 Å². The molecule has 10 heteroatoms. The van der Waals surface area contributed by atoms with Crippen molar-refractivity contribution < 1.29 is 14.0 Å². The van der Waals surface area contributed by atoms with Crippen molar-refractivity contribution in [2.45, 2.75) is 30.9 Å². The summed E-state index contributed by atoms with van der Waals surface area (Å²) >= 11 is 0. The Balaban J connectivity index is 0.963. The number of hydrogen-bond acceptors (Lipinski definition) is 8. The lowest BCUT2D eigenvalue weighted by Gasteiger charge is -2.45. The van der Waals surface area contributed by atoms with Gasteiger partial charge in [0.1, 0.15) is 0 Å². The number of amides is 1. The van der Waals surface area contributed by atoms with Crippen molar-refractivity contribution >= 4 is 28.7 Å². The van der Waals surface area contributed by atoms with E-state index in [1.165, 1.54) is 11.1 Å². The molecule has 0 atom stereocenters. The fourth-order valence-electron chi connectivity index (χ4n) is 5.29. The topological polar surface area (TPSA) is 126 Å². The number of nitrogens with one attached hydrogen (secondary N) is 2. The van der Waals surface area contributed by atoms with E-state index >= 15 is 0 Å². The van der Waals surface area contributed by atoms with E-state index in [9.17, 15) is 9.59 Å². The van der Waals surface area contributed by atoms with Crippen LogP contribution in [-0.4, -0.2) is 56.2 Å². The molecule has 1 saturated heterocycles. The van der Waals surface area contributed by atoms with Crippen LogP contribution in [0.5, 0.6) is 0 Å². The predicted octanol–water partition coefficient (Wildman–Crippen LogP) is 2.51. The van der Waals surface area contributed by atoms with Gasteiger partial charge in [-0.05, 0) is 42.2 Å². The number of benzene rings is 2. The second-order valence-electron chi connectivity index (χ2n) is 9.69. The molecule has 1 spiro atoms. The van der Waals surface area contributed by atoms with Crippen LogP contribution in [0.4, 0.5) is 5.95 Å². The van der Waals surface area contributed by atoms with Gasteiger partial charge in [0.25, 0.3) is 5.91 Å². The molecule has 180 valence electrons. The highest BCUT2D eigenvalue weighted by Gasteiger charge is 2.52. The Hall–Kier alpha value is -4.47. The summed E-state index contributed by atoms with van der Waals surface area (Å²) in [4.78, 5) is 43.3. The molecule has 2 aliphatic heterocycles. The minimum absolute atomic E-state index is 0.142. The third-order valence-corrected chi connectivity index (χ3v) is 7.12. The fraction of sp³-hybridized carbons (Fsp3) is 0.269. The summed E-state index contributed by atoms with van der Waals surface area (Å²) in [7, 11) is 0. The van der Waals surface area contributed by atoms with E-state index in [1.807, 2.05) is 0 Å². The molecular formula is C26H22N6O4. The number of carbonyl (C=O) groups is 1. The third-order valence-electron chi connectivity index (χ3n) is 7.12. The number of rotatable bonds is 4. The van der Waals surface area contributed by atoms with Crippen molar-refractivity contribution in [1.82, 2.24) is 19.9 Å². The Kier molecular flexibility index (Phi) is 4.50. The van der Waals surface area contributed by atoms with Crippen LogP contribution in [0.15, 0.2) is 69.2 Å². The molecule has 4 heterocycles. The van der Waals surface area contributed by atoms with Crippen molar-refractivity contribution in [3.8, 4) is 0 Å². The molecule has 0 bridgehead atoms. The highest BCUT2D eigenvalue weighted by Crippen LogP contribution is 2.36. The van der Waals surface area contributed by atoms with E-state index < -0.39 is 11.4 Å². The first-order valence-corrected chi connectivity index (χ1v) is 11.9. The molecule has 10 nitrogen and oxygen atoms in total. The van der Waals surface area contributed by atoms with Gasteiger partial charge in [0, 0.05) is 36.0 Å². The van der Waals surface area contributed by atoms with Crippen molar-refractivity contribution in [3.63, 3.8) is 0 Å². The van der Waals surface area contributed by atoms with Crippen LogP contribution in [0.3, 0.4) is 0 Å². The van der Waals surface area contributed by atoms with E-state index in [1.54, 1.807) is 35.5 Å². The lowest BCUT2D eigenvalue weighted by atomic mass is 9.87. The van der Waals surface area contributed by atoms with Crippen molar-refractivity contribution in [1.29, 1.82) is 0 Å². The standard InChI is InChI=1S/C26H22N6O4/c33-23(17-5-6-20-22(9-17)35-25(34)30-20)32-13-26(14-32)10-21(31-36-26)18-11-27-24(28-12-18)29-19-7-15-3-1-2-4-16(15)8-19/h1-6,9,11-12,19H,7-8,10,13-14H2,(H,30,34)(H,27,28,29). The first-order chi connectivity index (χ1) is 17.5. The number of oxime groups is 1. The second kappa shape index (κ2) is 7.77. The molecule has 36 heavy (non-hydrogen) atoms. The van der Waals surface area contributed by atoms with E-state index in [-0.39, 0.29) is 11.9 Å². The molecule has 0 unspecified atom stereocenters. The zero-order valence-corrected chi connectivity index (χ0v) is 19.2. The summed E-state index contributed by atoms with van der Waals surface area (Å²) in [5.74, 6) is -0.0869. The number of anilines is 1. The zero-order valence-electron chi connectivity index (χ0n) is 19.2. The molecule has 0 radical (unpaired) electrons. The van der Waals surface area contributed by atoms with Crippen molar-refractivity contribution in [2.24, 2.45) is 5.16 Å². The van der Waals surface area contributed by atoms with Crippen LogP contribution < -0.4 is 11.1 Å². The second-order valence-corrected chi connectivity index (χ2v) is 9.69. The Morgan fingerprint density at radius 1 is 1.08 bits per heavy atom. The molecule has 4 aromatic rings. The van der Waals surface area contributed by atoms with Gasteiger partial charge >= 0.3 is 5.76 Å². The average molecular weight is 483 g/mol. The molecule has 3 aliphatic rings. The van der Waals surface area contributed by atoms with Gasteiger partial charge in [-0.25, -0.2) is 14.8 Å². The molecule has 7 rings (SSSR count). The maximum atomic E-state index is 12.9. The molecule has 2 aromatic heterocycles. The van der Waals surface area contributed by atoms with E-state index in [0.717, 1.165) is 24.1 Å². The zero-order chi connectivity index (χ0) is 24.3. The normalized spacial score (nSPS) is 18.1. The lowest BCUT2D eigenvalue weighted by molar-refractivity contribution is -0.110. The molecule has 1 amide bonds. The summed E-state index contributed by atoms with van der Waals surface area (Å²) in [6.07, 6.45) is 6.04. The SMILES string of the molecule is O=C(c1ccc2[nH]c(=O)oc2c1)N1CC2(CC(c3cnc(NC4Cc5ccccc5C4)nc3)=NO2)C1. The number of oxazole rings is 1. The van der Waals surface area contributed by atoms with Gasteiger partial charge in [-0.1, -0.05) is 29.4 Å². The Morgan fingerprint density at radius 3 is 2.58 bits per heavy atom. The fourth-order valence-corrected chi connectivity index (χ4v) is 5.29. The number of hydrogen-bond donors (Lipinski definition) is 2. The maximum absolute atomic E-state index is 12.9. The van der Waals surface area contributed by atoms with E-state index in [0.29, 0.717) is 42.1 Å². The van der Waals surface area contributed by atoms with Gasteiger partial charge in [-0.15, -0.1) is 0 Å². The Morgan fingerprint density at radius 2 is 1.83 bits per heavy atom. The van der Waals surface area contributed by atoms with Crippen LogP contribution >= 0.6 is 0 Å². The number of aromatic nitrogens is 3. The van der Waals surface area contributed by atoms with E-state index in [2.05, 4.69) is 49.7 Å². The van der Waals surface area contributed by atoms with Crippen molar-refractivity contribution in [3.05, 3.63) is 87.7 Å². The molecule has 0 saturated carbocycles. The van der Waals surface area contributed by atoms with Crippen LogP contribution in [0, 0.1) is 0 Å². The maximum Gasteiger partial charge on any atom is 0.417 e. The molecule has 1 aliphatic carbocycles. The van der Waals surface area contributed by atoms with Gasteiger partial charge in [0.15, 0.2) is 11.2 Å². The summed E-state index contributed by atoms with van der Waals surface area (Å²) in [5, 5.41) is 7.70. The highest BCUT2D eigenvalue weighted by molar-refractivity contribution is 6.02. The van der Waals surface area contributed by atoms with Gasteiger partial charge in [-0.2, -0.15) is 0 Å². The van der Waals surface area contributed by atoms with Gasteiger partial charge in [0.2, 0.25) is 5.95 Å². The number of carbonyl (C=O) groups excluding carboxylic acids is 1. The van der Waals surface area contributed by atoms with Crippen molar-refractivity contribution in [2.75, 3.05) is 18.4 Å². The summed E-state index contributed by atoms with van der Waals surface area (Å²) in [5.41, 5.74) is 5.19. The molecule has 2 N–H and O–H groups in total. The summed E-state index contributed by atoms with van der Waals surface area (Å²) < 4.78 is 5.07. The molecule has 2 aromatic carbocycles. The van der Waals surface area contributed by atoms with Gasteiger partial charge in [-0.3, -0.25) is 9.78 Å². The number of likely N-dealkylation sites (tertiary alicyclic amines) is 1. The highest BCUT2D eigenvalue weighted by atomic mass is 16.7. The number of fused-ring (bicyclic) bond motifs is 2. The number of aromatic amines is 1. The van der Waals surface area contributed by atoms with Crippen LogP contribution in [-0.2, 0) is 17.7 Å². The molecule has 1 fully saturated rings. The molecular weight excluding hydrogens is 460 g/mol. The lowest BCUT2D eigenvalue weighted by Crippen LogP contribution is -2.63.